The van der Waals surface area contributed by atoms with E-state index in [4.69, 9.17) is 0 Å². The van der Waals surface area contributed by atoms with Gasteiger partial charge in [-0.3, -0.25) is 0 Å². The van der Waals surface area contributed by atoms with Crippen molar-refractivity contribution in [3.63, 3.8) is 0 Å². The number of rotatable bonds is 7. The predicted octanol–water partition coefficient (Wildman–Crippen LogP) is 6.09. The minimum atomic E-state index is -0.619. The van der Waals surface area contributed by atoms with Crippen LogP contribution < -0.4 is 0 Å². The van der Waals surface area contributed by atoms with Crippen molar-refractivity contribution in [3.05, 3.63) is 35.5 Å². The van der Waals surface area contributed by atoms with Gasteiger partial charge in [0.25, 0.3) is 0 Å². The summed E-state index contributed by atoms with van der Waals surface area (Å²) >= 11 is 0. The Morgan fingerprint density at radius 1 is 1.13 bits per heavy atom. The summed E-state index contributed by atoms with van der Waals surface area (Å²) in [6, 6.07) is 0. The zero-order valence-electron chi connectivity index (χ0n) is 20.4. The van der Waals surface area contributed by atoms with Crippen molar-refractivity contribution in [1.82, 2.24) is 0 Å². The Labute approximate surface area is 190 Å². The normalized spacial score (nSPS) is 36.5. The van der Waals surface area contributed by atoms with Gasteiger partial charge in [0.1, 0.15) is 0 Å². The van der Waals surface area contributed by atoms with Crippen LogP contribution in [0.5, 0.6) is 0 Å². The van der Waals surface area contributed by atoms with Crippen LogP contribution >= 0.6 is 0 Å². The van der Waals surface area contributed by atoms with Crippen LogP contribution in [0.25, 0.3) is 0 Å². The Balaban J connectivity index is 1.70. The van der Waals surface area contributed by atoms with E-state index in [2.05, 4.69) is 46.4 Å². The van der Waals surface area contributed by atoms with E-state index < -0.39 is 17.8 Å². The van der Waals surface area contributed by atoms with Gasteiger partial charge in [-0.1, -0.05) is 57.6 Å². The van der Waals surface area contributed by atoms with Crippen LogP contribution in [0.15, 0.2) is 35.5 Å². The molecule has 0 amide bonds. The second-order valence-corrected chi connectivity index (χ2v) is 11.1. The molecule has 3 heteroatoms. The van der Waals surface area contributed by atoms with Gasteiger partial charge in [0, 0.05) is 0 Å². The molecule has 3 rings (SSSR count). The van der Waals surface area contributed by atoms with Crippen LogP contribution in [-0.4, -0.2) is 33.1 Å². The van der Waals surface area contributed by atoms with E-state index in [0.717, 1.165) is 37.2 Å². The third-order valence-electron chi connectivity index (χ3n) is 9.41. The average Bonchev–Trinajstić information content (AvgIpc) is 3.11. The maximum atomic E-state index is 10.8. The van der Waals surface area contributed by atoms with Gasteiger partial charge in [0.05, 0.1) is 17.8 Å². The molecule has 0 aromatic heterocycles. The number of hydrogen-bond donors (Lipinski definition) is 3. The lowest BCUT2D eigenvalue weighted by Gasteiger charge is -2.45. The molecule has 3 nitrogen and oxygen atoms in total. The third-order valence-corrected chi connectivity index (χ3v) is 9.41. The molecule has 0 saturated heterocycles. The van der Waals surface area contributed by atoms with Crippen molar-refractivity contribution < 1.29 is 15.3 Å². The fraction of sp³-hybridized carbons (Fsp3) is 0.786. The van der Waals surface area contributed by atoms with E-state index in [1.807, 2.05) is 0 Å². The summed E-state index contributed by atoms with van der Waals surface area (Å²) in [4.78, 5) is 0. The van der Waals surface area contributed by atoms with Gasteiger partial charge in [-0.15, -0.1) is 0 Å². The molecule has 0 heterocycles. The van der Waals surface area contributed by atoms with Crippen LogP contribution in [0.2, 0.25) is 0 Å². The van der Waals surface area contributed by atoms with E-state index in [1.54, 1.807) is 5.57 Å². The highest BCUT2D eigenvalue weighted by Gasteiger charge is 2.50. The molecule has 0 radical (unpaired) electrons. The number of aliphatic hydroxyl groups is 3. The van der Waals surface area contributed by atoms with Gasteiger partial charge in [-0.05, 0) is 99.4 Å². The molecule has 0 aromatic carbocycles. The largest absolute Gasteiger partial charge is 0.390 e. The first-order chi connectivity index (χ1) is 14.6. The summed E-state index contributed by atoms with van der Waals surface area (Å²) in [7, 11) is 0. The average molecular weight is 431 g/mol. The molecule has 31 heavy (non-hydrogen) atoms. The second-order valence-electron chi connectivity index (χ2n) is 11.1. The molecular weight excluding hydrogens is 384 g/mol. The molecular formula is C28H46O3. The number of fused-ring (bicyclic) bond motifs is 1. The molecule has 0 bridgehead atoms. The summed E-state index contributed by atoms with van der Waals surface area (Å²) < 4.78 is 0. The van der Waals surface area contributed by atoms with E-state index in [9.17, 15) is 15.3 Å². The van der Waals surface area contributed by atoms with Crippen molar-refractivity contribution in [2.24, 2.45) is 23.2 Å². The fourth-order valence-corrected chi connectivity index (χ4v) is 6.94. The molecule has 0 unspecified atom stereocenters. The van der Waals surface area contributed by atoms with Crippen molar-refractivity contribution in [1.29, 1.82) is 0 Å². The topological polar surface area (TPSA) is 60.7 Å². The van der Waals surface area contributed by atoms with Crippen molar-refractivity contribution in [2.45, 2.75) is 116 Å². The van der Waals surface area contributed by atoms with Gasteiger partial charge in [-0.25, -0.2) is 0 Å². The number of hydrogen-bond acceptors (Lipinski definition) is 3. The van der Waals surface area contributed by atoms with E-state index in [0.29, 0.717) is 35.7 Å². The van der Waals surface area contributed by atoms with Crippen LogP contribution in [0, 0.1) is 23.2 Å². The molecule has 3 aliphatic carbocycles. The Morgan fingerprint density at radius 2 is 1.77 bits per heavy atom. The highest BCUT2D eigenvalue weighted by atomic mass is 16.3. The van der Waals surface area contributed by atoms with Gasteiger partial charge in [-0.2, -0.15) is 0 Å². The summed E-state index contributed by atoms with van der Waals surface area (Å²) in [5.41, 5.74) is 3.13. The predicted molar refractivity (Wildman–Crippen MR) is 129 cm³/mol. The smallest absolute Gasteiger partial charge is 0.0809 e. The van der Waals surface area contributed by atoms with Crippen LogP contribution in [0.3, 0.4) is 0 Å². The first-order valence-electron chi connectivity index (χ1n) is 12.8. The Kier molecular flexibility index (Phi) is 7.92. The van der Waals surface area contributed by atoms with Crippen LogP contribution in [-0.2, 0) is 0 Å². The highest BCUT2D eigenvalue weighted by molar-refractivity contribution is 5.29. The van der Waals surface area contributed by atoms with E-state index >= 15 is 0 Å². The molecule has 176 valence electrons. The Hall–Kier alpha value is -0.900. The molecule has 0 aromatic rings. The van der Waals surface area contributed by atoms with E-state index in [1.165, 1.54) is 32.1 Å². The quantitative estimate of drug-likeness (QED) is 0.428. The number of aliphatic hydroxyl groups excluding tert-OH is 2. The molecule has 3 saturated carbocycles. The molecule has 0 spiro atoms. The van der Waals surface area contributed by atoms with Crippen molar-refractivity contribution in [3.8, 4) is 0 Å². The van der Waals surface area contributed by atoms with Gasteiger partial charge in [0.2, 0.25) is 0 Å². The Bertz CT molecular complexity index is 685. The molecule has 0 aliphatic heterocycles. The lowest BCUT2D eigenvalue weighted by atomic mass is 9.60. The zero-order valence-corrected chi connectivity index (χ0v) is 20.4. The first-order valence-corrected chi connectivity index (χ1v) is 12.8. The zero-order chi connectivity index (χ0) is 22.8. The molecule has 3 aliphatic rings. The van der Waals surface area contributed by atoms with Crippen LogP contribution in [0.4, 0.5) is 0 Å². The highest BCUT2D eigenvalue weighted by Crippen LogP contribution is 2.60. The summed E-state index contributed by atoms with van der Waals surface area (Å²) in [5, 5.41) is 31.0. The SMILES string of the molecule is C=C1[C@H](O)CC(=C/C=C2\CCC[C@]3(C)[C@@H]([C@H](C)CCC(O)(CC)CC)CC[C@@H]23)C[C@H]1O. The molecule has 6 atom stereocenters. The summed E-state index contributed by atoms with van der Waals surface area (Å²) in [6.07, 6.45) is 14.5. The summed E-state index contributed by atoms with van der Waals surface area (Å²) in [5.74, 6) is 2.02. The Morgan fingerprint density at radius 3 is 2.39 bits per heavy atom. The lowest BCUT2D eigenvalue weighted by molar-refractivity contribution is 0.00937. The minimum absolute atomic E-state index is 0.360. The van der Waals surface area contributed by atoms with E-state index in [-0.39, 0.29) is 0 Å². The fourth-order valence-electron chi connectivity index (χ4n) is 6.94. The van der Waals surface area contributed by atoms with Crippen molar-refractivity contribution in [2.75, 3.05) is 0 Å². The molecule has 3 N–H and O–H groups in total. The van der Waals surface area contributed by atoms with Crippen LogP contribution in [0.1, 0.15) is 98.3 Å². The van der Waals surface area contributed by atoms with Gasteiger partial charge >= 0.3 is 0 Å². The third kappa shape index (κ3) is 5.20. The van der Waals surface area contributed by atoms with Gasteiger partial charge < -0.3 is 15.3 Å². The lowest BCUT2D eigenvalue weighted by Crippen LogP contribution is -2.36. The number of allylic oxidation sites excluding steroid dienone is 3. The maximum absolute atomic E-state index is 10.8. The standard InChI is InChI=1S/C28H46O3/c1-6-28(31,7-2)16-14-19(3)23-12-13-24-22(9-8-15-27(23,24)5)11-10-21-17-25(29)20(4)26(30)18-21/h10-11,19,23-26,29-31H,4,6-9,12-18H2,1-3,5H3/b22-11+/t19-,23-,24+,25-,26-,27-/m1/s1. The maximum Gasteiger partial charge on any atom is 0.0809 e. The van der Waals surface area contributed by atoms with Gasteiger partial charge in [0.15, 0.2) is 0 Å². The van der Waals surface area contributed by atoms with Crippen molar-refractivity contribution >= 4 is 0 Å². The summed E-state index contributed by atoms with van der Waals surface area (Å²) in [6.45, 7) is 13.0. The molecule has 3 fully saturated rings. The first kappa shape index (κ1) is 24.7. The minimum Gasteiger partial charge on any atom is -0.390 e. The second kappa shape index (κ2) is 9.93. The monoisotopic (exact) mass is 430 g/mol.